The van der Waals surface area contributed by atoms with Gasteiger partial charge in [0, 0.05) is 27.2 Å². The van der Waals surface area contributed by atoms with E-state index < -0.39 is 16.2 Å². The van der Waals surface area contributed by atoms with E-state index in [-0.39, 0.29) is 18.7 Å². The van der Waals surface area contributed by atoms with E-state index in [0.29, 0.717) is 0 Å². The van der Waals surface area contributed by atoms with Gasteiger partial charge in [0.15, 0.2) is 0 Å². The molecule has 6 nitrogen and oxygen atoms in total. The number of carboxylic acids is 1. The number of fused-ring (bicyclic) bond motifs is 1. The van der Waals surface area contributed by atoms with Crippen LogP contribution in [-0.4, -0.2) is 42.2 Å². The standard InChI is InChI=1S/C11H14N2O4S/c1-12(2)18(16,17)13-6-9-4-3-8(11(14)15)5-10(9)7-13/h3-5H,6-7H2,1-2H3,(H,14,15). The van der Waals surface area contributed by atoms with Crippen molar-refractivity contribution in [3.05, 3.63) is 34.9 Å². The second kappa shape index (κ2) is 4.34. The van der Waals surface area contributed by atoms with Crippen molar-refractivity contribution in [1.82, 2.24) is 8.61 Å². The lowest BCUT2D eigenvalue weighted by molar-refractivity contribution is 0.0696. The Morgan fingerprint density at radius 1 is 1.28 bits per heavy atom. The molecule has 0 aliphatic carbocycles. The zero-order valence-electron chi connectivity index (χ0n) is 10.1. The monoisotopic (exact) mass is 270 g/mol. The lowest BCUT2D eigenvalue weighted by Gasteiger charge is -2.20. The van der Waals surface area contributed by atoms with Crippen molar-refractivity contribution in [2.45, 2.75) is 13.1 Å². The maximum Gasteiger partial charge on any atom is 0.335 e. The maximum atomic E-state index is 12.0. The molecule has 98 valence electrons. The summed E-state index contributed by atoms with van der Waals surface area (Å²) in [6.45, 7) is 0.507. The van der Waals surface area contributed by atoms with Crippen LogP contribution in [-0.2, 0) is 23.3 Å². The molecule has 0 spiro atoms. The fourth-order valence-corrected chi connectivity index (χ4v) is 2.96. The quantitative estimate of drug-likeness (QED) is 0.868. The summed E-state index contributed by atoms with van der Waals surface area (Å²) in [5.74, 6) is -1.01. The molecule has 0 fully saturated rings. The Kier molecular flexibility index (Phi) is 3.14. The highest BCUT2D eigenvalue weighted by Gasteiger charge is 2.31. The molecule has 0 saturated heterocycles. The molecule has 0 bridgehead atoms. The van der Waals surface area contributed by atoms with Crippen LogP contribution >= 0.6 is 0 Å². The highest BCUT2D eigenvalue weighted by molar-refractivity contribution is 7.86. The molecule has 7 heteroatoms. The van der Waals surface area contributed by atoms with Crippen LogP contribution in [0.1, 0.15) is 21.5 Å². The van der Waals surface area contributed by atoms with Crippen molar-refractivity contribution in [2.24, 2.45) is 0 Å². The summed E-state index contributed by atoms with van der Waals surface area (Å²) >= 11 is 0. The molecular weight excluding hydrogens is 256 g/mol. The summed E-state index contributed by atoms with van der Waals surface area (Å²) in [6, 6.07) is 4.69. The molecule has 0 saturated carbocycles. The first-order valence-electron chi connectivity index (χ1n) is 5.35. The van der Waals surface area contributed by atoms with Crippen LogP contribution in [0.15, 0.2) is 18.2 Å². The van der Waals surface area contributed by atoms with Gasteiger partial charge in [0.2, 0.25) is 0 Å². The van der Waals surface area contributed by atoms with Gasteiger partial charge in [0.1, 0.15) is 0 Å². The zero-order chi connectivity index (χ0) is 13.5. The smallest absolute Gasteiger partial charge is 0.335 e. The van der Waals surface area contributed by atoms with Crippen LogP contribution in [0.4, 0.5) is 0 Å². The van der Waals surface area contributed by atoms with Gasteiger partial charge in [-0.05, 0) is 23.3 Å². The van der Waals surface area contributed by atoms with Gasteiger partial charge in [-0.25, -0.2) is 4.79 Å². The Balaban J connectivity index is 2.31. The van der Waals surface area contributed by atoms with Gasteiger partial charge in [-0.1, -0.05) is 6.07 Å². The van der Waals surface area contributed by atoms with Gasteiger partial charge < -0.3 is 5.11 Å². The molecule has 0 amide bonds. The zero-order valence-corrected chi connectivity index (χ0v) is 10.9. The highest BCUT2D eigenvalue weighted by Crippen LogP contribution is 2.26. The van der Waals surface area contributed by atoms with E-state index in [1.165, 1.54) is 30.5 Å². The van der Waals surface area contributed by atoms with Gasteiger partial charge in [0.25, 0.3) is 10.2 Å². The second-order valence-corrected chi connectivity index (χ2v) is 6.49. The Hall–Kier alpha value is -1.44. The Morgan fingerprint density at radius 2 is 1.89 bits per heavy atom. The van der Waals surface area contributed by atoms with E-state index in [4.69, 9.17) is 5.11 Å². The van der Waals surface area contributed by atoms with E-state index >= 15 is 0 Å². The Labute approximate surface area is 106 Å². The lowest BCUT2D eigenvalue weighted by Crippen LogP contribution is -2.36. The number of carboxylic acid groups (broad SMARTS) is 1. The van der Waals surface area contributed by atoms with Crippen molar-refractivity contribution in [1.29, 1.82) is 0 Å². The molecule has 0 atom stereocenters. The molecule has 18 heavy (non-hydrogen) atoms. The van der Waals surface area contributed by atoms with Gasteiger partial charge in [0.05, 0.1) is 5.56 Å². The maximum absolute atomic E-state index is 12.0. The molecule has 0 aromatic heterocycles. The van der Waals surface area contributed by atoms with Gasteiger partial charge in [-0.2, -0.15) is 17.0 Å². The van der Waals surface area contributed by atoms with Gasteiger partial charge in [-0.3, -0.25) is 0 Å². The number of rotatable bonds is 3. The molecule has 1 aliphatic heterocycles. The molecule has 0 radical (unpaired) electrons. The van der Waals surface area contributed by atoms with Crippen LogP contribution < -0.4 is 0 Å². The molecule has 1 N–H and O–H groups in total. The van der Waals surface area contributed by atoms with Gasteiger partial charge in [-0.15, -0.1) is 0 Å². The average molecular weight is 270 g/mol. The first-order chi connectivity index (χ1) is 8.32. The van der Waals surface area contributed by atoms with E-state index in [1.807, 2.05) is 0 Å². The first-order valence-corrected chi connectivity index (χ1v) is 6.75. The van der Waals surface area contributed by atoms with Crippen LogP contribution in [0.25, 0.3) is 0 Å². The minimum Gasteiger partial charge on any atom is -0.478 e. The van der Waals surface area contributed by atoms with Crippen molar-refractivity contribution in [2.75, 3.05) is 14.1 Å². The molecule has 1 aromatic rings. The van der Waals surface area contributed by atoms with E-state index in [2.05, 4.69) is 0 Å². The van der Waals surface area contributed by atoms with Gasteiger partial charge >= 0.3 is 5.97 Å². The largest absolute Gasteiger partial charge is 0.478 e. The average Bonchev–Trinajstić information content (AvgIpc) is 2.71. The topological polar surface area (TPSA) is 77.9 Å². The Morgan fingerprint density at radius 3 is 2.44 bits per heavy atom. The summed E-state index contributed by atoms with van der Waals surface area (Å²) in [5.41, 5.74) is 1.78. The minimum atomic E-state index is -3.46. The molecular formula is C11H14N2O4S. The van der Waals surface area contributed by atoms with E-state index in [1.54, 1.807) is 6.07 Å². The van der Waals surface area contributed by atoms with Crippen LogP contribution in [0.3, 0.4) is 0 Å². The Bertz CT molecular complexity index is 595. The summed E-state index contributed by atoms with van der Waals surface area (Å²) in [4.78, 5) is 10.8. The first kappa shape index (κ1) is 13.0. The minimum absolute atomic E-state index is 0.179. The molecule has 0 unspecified atom stereocenters. The van der Waals surface area contributed by atoms with E-state index in [9.17, 15) is 13.2 Å². The van der Waals surface area contributed by atoms with Crippen molar-refractivity contribution in [3.63, 3.8) is 0 Å². The van der Waals surface area contributed by atoms with E-state index in [0.717, 1.165) is 15.4 Å². The fraction of sp³-hybridized carbons (Fsp3) is 0.364. The van der Waals surface area contributed by atoms with Crippen LogP contribution in [0.5, 0.6) is 0 Å². The summed E-state index contributed by atoms with van der Waals surface area (Å²) in [7, 11) is -0.512. The number of hydrogen-bond acceptors (Lipinski definition) is 3. The number of aromatic carboxylic acids is 1. The molecule has 1 aliphatic rings. The van der Waals surface area contributed by atoms with Crippen molar-refractivity contribution < 1.29 is 18.3 Å². The molecule has 1 aromatic carbocycles. The number of benzene rings is 1. The third kappa shape index (κ3) is 2.12. The summed E-state index contributed by atoms with van der Waals surface area (Å²) in [6.07, 6.45) is 0. The summed E-state index contributed by atoms with van der Waals surface area (Å²) < 4.78 is 26.4. The molecule has 2 rings (SSSR count). The molecule has 1 heterocycles. The second-order valence-electron chi connectivity index (χ2n) is 4.35. The number of hydrogen-bond donors (Lipinski definition) is 1. The lowest BCUT2D eigenvalue weighted by atomic mass is 10.1. The third-order valence-corrected chi connectivity index (χ3v) is 4.77. The fourth-order valence-electron chi connectivity index (χ4n) is 1.89. The third-order valence-electron chi connectivity index (χ3n) is 2.93. The number of carbonyl (C=O) groups is 1. The number of nitrogens with zero attached hydrogens (tertiary/aromatic N) is 2. The highest BCUT2D eigenvalue weighted by atomic mass is 32.2. The SMILES string of the molecule is CN(C)S(=O)(=O)N1Cc2ccc(C(=O)O)cc2C1. The summed E-state index contributed by atoms with van der Waals surface area (Å²) in [5, 5.41) is 8.89. The predicted molar refractivity (Wildman–Crippen MR) is 65.3 cm³/mol. The van der Waals surface area contributed by atoms with Crippen molar-refractivity contribution in [3.8, 4) is 0 Å². The normalized spacial score (nSPS) is 15.9. The van der Waals surface area contributed by atoms with Crippen LogP contribution in [0.2, 0.25) is 0 Å². The predicted octanol–water partition coefficient (Wildman–Crippen LogP) is 0.507. The van der Waals surface area contributed by atoms with Crippen molar-refractivity contribution >= 4 is 16.2 Å². The van der Waals surface area contributed by atoms with Crippen LogP contribution in [0, 0.1) is 0 Å².